The highest BCUT2D eigenvalue weighted by atomic mass is 16.5. The molecule has 1 N–H and O–H groups in total. The van der Waals surface area contributed by atoms with Gasteiger partial charge in [0.25, 0.3) is 0 Å². The number of ether oxygens (including phenoxy) is 1. The summed E-state index contributed by atoms with van der Waals surface area (Å²) in [5.41, 5.74) is 1.93. The fraction of sp³-hybridized carbons (Fsp3) is 0.174. The van der Waals surface area contributed by atoms with Crippen molar-refractivity contribution in [1.82, 2.24) is 15.5 Å². The number of hydrogen-bond donors (Lipinski definition) is 1. The molecule has 6 nitrogen and oxygen atoms in total. The molecule has 29 heavy (non-hydrogen) atoms. The van der Waals surface area contributed by atoms with E-state index in [4.69, 9.17) is 9.26 Å². The van der Waals surface area contributed by atoms with Crippen LogP contribution in [0.2, 0.25) is 0 Å². The molecule has 0 radical (unpaired) electrons. The van der Waals surface area contributed by atoms with E-state index in [9.17, 15) is 4.79 Å². The van der Waals surface area contributed by atoms with E-state index in [-0.39, 0.29) is 12.3 Å². The average molecular weight is 387 g/mol. The third kappa shape index (κ3) is 4.43. The lowest BCUT2D eigenvalue weighted by molar-refractivity contribution is -0.121. The zero-order chi connectivity index (χ0) is 20.1. The highest BCUT2D eigenvalue weighted by molar-refractivity contribution is 5.86. The topological polar surface area (TPSA) is 77.2 Å². The minimum absolute atomic E-state index is 0.0536. The molecule has 146 valence electrons. The number of aryl methyl sites for hydroxylation is 1. The van der Waals surface area contributed by atoms with Gasteiger partial charge in [0.05, 0.1) is 7.11 Å². The Bertz CT molecular complexity index is 1110. The zero-order valence-corrected chi connectivity index (χ0v) is 16.1. The molecule has 0 atom stereocenters. The van der Waals surface area contributed by atoms with Crippen LogP contribution >= 0.6 is 0 Å². The Hall–Kier alpha value is -3.67. The molecule has 6 heteroatoms. The first-order valence-electron chi connectivity index (χ1n) is 9.43. The maximum Gasteiger partial charge on any atom is 0.227 e. The molecule has 0 spiro atoms. The van der Waals surface area contributed by atoms with Crippen LogP contribution in [0.1, 0.15) is 17.9 Å². The van der Waals surface area contributed by atoms with Crippen LogP contribution in [0.25, 0.3) is 22.2 Å². The fourth-order valence-corrected chi connectivity index (χ4v) is 3.16. The number of nitrogens with zero attached hydrogens (tertiary/aromatic N) is 2. The molecule has 0 unspecified atom stereocenters. The summed E-state index contributed by atoms with van der Waals surface area (Å²) in [6, 6.07) is 21.7. The molecular weight excluding hydrogens is 366 g/mol. The van der Waals surface area contributed by atoms with E-state index in [1.165, 1.54) is 0 Å². The molecule has 0 saturated heterocycles. The summed E-state index contributed by atoms with van der Waals surface area (Å²) in [5, 5.41) is 9.27. The van der Waals surface area contributed by atoms with E-state index in [0.717, 1.165) is 27.6 Å². The van der Waals surface area contributed by atoms with E-state index in [0.29, 0.717) is 24.7 Å². The lowest BCUT2D eigenvalue weighted by atomic mass is 10.0. The fourth-order valence-electron chi connectivity index (χ4n) is 3.16. The third-order valence-corrected chi connectivity index (χ3v) is 4.74. The number of rotatable bonds is 7. The quantitative estimate of drug-likeness (QED) is 0.515. The first-order valence-corrected chi connectivity index (χ1v) is 9.43. The van der Waals surface area contributed by atoms with E-state index in [2.05, 4.69) is 33.7 Å². The van der Waals surface area contributed by atoms with Crippen molar-refractivity contribution in [2.75, 3.05) is 7.11 Å². The lowest BCUT2D eigenvalue weighted by Gasteiger charge is -2.08. The van der Waals surface area contributed by atoms with Crippen molar-refractivity contribution in [2.24, 2.45) is 0 Å². The van der Waals surface area contributed by atoms with E-state index in [1.54, 1.807) is 7.11 Å². The molecule has 0 fully saturated rings. The normalized spacial score (nSPS) is 10.8. The van der Waals surface area contributed by atoms with Crippen LogP contribution in [0.15, 0.2) is 71.3 Å². The smallest absolute Gasteiger partial charge is 0.227 e. The number of nitrogens with one attached hydrogen (secondary N) is 1. The van der Waals surface area contributed by atoms with Gasteiger partial charge < -0.3 is 14.6 Å². The number of amides is 1. The highest BCUT2D eigenvalue weighted by Gasteiger charge is 2.11. The lowest BCUT2D eigenvalue weighted by Crippen LogP contribution is -2.23. The van der Waals surface area contributed by atoms with Gasteiger partial charge in [0.2, 0.25) is 17.6 Å². The molecule has 1 heterocycles. The van der Waals surface area contributed by atoms with Gasteiger partial charge in [-0.15, -0.1) is 0 Å². The SMILES string of the molecule is COc1ccc(-c2noc(CCC(=O)NCc3cccc4ccccc34)n2)cc1. The van der Waals surface area contributed by atoms with Crippen molar-refractivity contribution in [3.8, 4) is 17.1 Å². The summed E-state index contributed by atoms with van der Waals surface area (Å²) in [7, 11) is 1.62. The third-order valence-electron chi connectivity index (χ3n) is 4.74. The van der Waals surface area contributed by atoms with Crippen LogP contribution in [-0.2, 0) is 17.8 Å². The summed E-state index contributed by atoms with van der Waals surface area (Å²) in [6.45, 7) is 0.487. The monoisotopic (exact) mass is 387 g/mol. The second-order valence-electron chi connectivity index (χ2n) is 6.66. The van der Waals surface area contributed by atoms with Gasteiger partial charge in [0, 0.05) is 24.9 Å². The molecular formula is C23H21N3O3. The van der Waals surface area contributed by atoms with Crippen LogP contribution in [-0.4, -0.2) is 23.2 Å². The number of fused-ring (bicyclic) bond motifs is 1. The second kappa shape index (κ2) is 8.56. The average Bonchev–Trinajstić information content (AvgIpc) is 3.25. The largest absolute Gasteiger partial charge is 0.497 e. The predicted octanol–water partition coefficient (Wildman–Crippen LogP) is 4.15. The Morgan fingerprint density at radius 1 is 1.03 bits per heavy atom. The van der Waals surface area contributed by atoms with Crippen molar-refractivity contribution >= 4 is 16.7 Å². The minimum atomic E-state index is -0.0536. The Balaban J connectivity index is 1.32. The summed E-state index contributed by atoms with van der Waals surface area (Å²) < 4.78 is 10.4. The summed E-state index contributed by atoms with van der Waals surface area (Å²) >= 11 is 0. The second-order valence-corrected chi connectivity index (χ2v) is 6.66. The van der Waals surface area contributed by atoms with E-state index in [1.807, 2.05) is 48.5 Å². The standard InChI is InChI=1S/C23H21N3O3/c1-28-19-11-9-17(10-12-19)23-25-22(29-26-23)14-13-21(27)24-15-18-7-4-6-16-5-2-3-8-20(16)18/h2-12H,13-15H2,1H3,(H,24,27). The van der Waals surface area contributed by atoms with E-state index >= 15 is 0 Å². The highest BCUT2D eigenvalue weighted by Crippen LogP contribution is 2.20. The maximum atomic E-state index is 12.3. The van der Waals surface area contributed by atoms with Gasteiger partial charge >= 0.3 is 0 Å². The Labute approximate surface area is 168 Å². The van der Waals surface area contributed by atoms with Gasteiger partial charge in [-0.25, -0.2) is 0 Å². The predicted molar refractivity (Wildman–Crippen MR) is 110 cm³/mol. The number of benzene rings is 3. The van der Waals surface area contributed by atoms with Crippen LogP contribution in [0.5, 0.6) is 5.75 Å². The molecule has 4 aromatic rings. The van der Waals surface area contributed by atoms with Gasteiger partial charge in [0.15, 0.2) is 0 Å². The summed E-state index contributed by atoms with van der Waals surface area (Å²) in [6.07, 6.45) is 0.680. The van der Waals surface area contributed by atoms with Crippen molar-refractivity contribution in [2.45, 2.75) is 19.4 Å². The van der Waals surface area contributed by atoms with Crippen molar-refractivity contribution < 1.29 is 14.1 Å². The molecule has 0 aliphatic rings. The van der Waals surface area contributed by atoms with Crippen LogP contribution in [0.4, 0.5) is 0 Å². The number of carbonyl (C=O) groups excluding carboxylic acids is 1. The van der Waals surface area contributed by atoms with Gasteiger partial charge in [0.1, 0.15) is 5.75 Å². The van der Waals surface area contributed by atoms with Gasteiger partial charge in [-0.1, -0.05) is 47.6 Å². The first-order chi connectivity index (χ1) is 14.2. The molecule has 1 aromatic heterocycles. The van der Waals surface area contributed by atoms with Crippen LogP contribution in [0.3, 0.4) is 0 Å². The van der Waals surface area contributed by atoms with Crippen LogP contribution < -0.4 is 10.1 Å². The summed E-state index contributed by atoms with van der Waals surface area (Å²) in [5.74, 6) is 1.65. The first kappa shape index (κ1) is 18.7. The summed E-state index contributed by atoms with van der Waals surface area (Å²) in [4.78, 5) is 16.6. The van der Waals surface area contributed by atoms with Crippen molar-refractivity contribution in [3.05, 3.63) is 78.2 Å². The van der Waals surface area contributed by atoms with Gasteiger partial charge in [-0.2, -0.15) is 4.98 Å². The van der Waals surface area contributed by atoms with Gasteiger partial charge in [-0.3, -0.25) is 4.79 Å². The van der Waals surface area contributed by atoms with Crippen molar-refractivity contribution in [1.29, 1.82) is 0 Å². The Morgan fingerprint density at radius 2 is 1.83 bits per heavy atom. The Kier molecular flexibility index (Phi) is 5.52. The molecule has 3 aromatic carbocycles. The Morgan fingerprint density at radius 3 is 2.66 bits per heavy atom. The molecule has 0 bridgehead atoms. The molecule has 4 rings (SSSR count). The molecule has 0 saturated carbocycles. The van der Waals surface area contributed by atoms with E-state index < -0.39 is 0 Å². The molecule has 0 aliphatic carbocycles. The van der Waals surface area contributed by atoms with Crippen LogP contribution in [0, 0.1) is 0 Å². The maximum absolute atomic E-state index is 12.3. The number of carbonyl (C=O) groups is 1. The van der Waals surface area contributed by atoms with Gasteiger partial charge in [-0.05, 0) is 40.6 Å². The molecule has 0 aliphatic heterocycles. The molecule has 1 amide bonds. The number of hydrogen-bond acceptors (Lipinski definition) is 5. The number of methoxy groups -OCH3 is 1. The minimum Gasteiger partial charge on any atom is -0.497 e. The zero-order valence-electron chi connectivity index (χ0n) is 16.1. The number of aromatic nitrogens is 2. The van der Waals surface area contributed by atoms with Crippen molar-refractivity contribution in [3.63, 3.8) is 0 Å².